The number of nitrogens with one attached hydrogen (secondary N) is 2. The number of nitrogens with two attached hydrogens (primary N) is 1. The van der Waals surface area contributed by atoms with Crippen LogP contribution < -0.4 is 16.4 Å². The van der Waals surface area contributed by atoms with Gasteiger partial charge in [0.1, 0.15) is 11.5 Å². The van der Waals surface area contributed by atoms with Crippen LogP contribution in [0.2, 0.25) is 5.02 Å². The second kappa shape index (κ2) is 10.6. The normalized spacial score (nSPS) is 11.3. The lowest BCUT2D eigenvalue weighted by Crippen LogP contribution is -2.46. The van der Waals surface area contributed by atoms with Gasteiger partial charge in [0.05, 0.1) is 28.4 Å². The van der Waals surface area contributed by atoms with Crippen molar-refractivity contribution in [3.8, 4) is 16.9 Å². The van der Waals surface area contributed by atoms with Crippen molar-refractivity contribution < 1.29 is 23.5 Å². The summed E-state index contributed by atoms with van der Waals surface area (Å²) in [5, 5.41) is 19.2. The SMILES string of the molecule is CC(C)(CO)NC(=O)c1cc(NC(=O)c2cc(-c3nc(N)c(F)cc3F)ccc2Cl)n(-c2ccccc2)n1. The molecule has 0 saturated heterocycles. The van der Waals surface area contributed by atoms with Crippen LogP contribution in [0.5, 0.6) is 0 Å². The molecule has 38 heavy (non-hydrogen) atoms. The van der Waals surface area contributed by atoms with E-state index in [0.29, 0.717) is 11.8 Å². The van der Waals surface area contributed by atoms with Gasteiger partial charge in [-0.2, -0.15) is 5.10 Å². The van der Waals surface area contributed by atoms with Crippen molar-refractivity contribution in [3.63, 3.8) is 0 Å². The summed E-state index contributed by atoms with van der Waals surface area (Å²) in [4.78, 5) is 29.8. The molecule has 0 atom stereocenters. The van der Waals surface area contributed by atoms with E-state index in [0.717, 1.165) is 0 Å². The Hall–Kier alpha value is -4.35. The van der Waals surface area contributed by atoms with Crippen LogP contribution >= 0.6 is 11.6 Å². The predicted octanol–water partition coefficient (Wildman–Crippen LogP) is 4.20. The number of carbonyl (C=O) groups excluding carboxylic acids is 2. The van der Waals surface area contributed by atoms with Crippen LogP contribution in [0.1, 0.15) is 34.7 Å². The van der Waals surface area contributed by atoms with Crippen LogP contribution in [-0.2, 0) is 0 Å². The molecule has 2 amide bonds. The highest BCUT2D eigenvalue weighted by atomic mass is 35.5. The average Bonchev–Trinajstić information content (AvgIpc) is 3.31. The van der Waals surface area contributed by atoms with Crippen molar-refractivity contribution in [2.24, 2.45) is 0 Å². The molecule has 9 nitrogen and oxygen atoms in total. The first-order valence-corrected chi connectivity index (χ1v) is 11.7. The molecule has 2 aromatic heterocycles. The molecule has 5 N–H and O–H groups in total. The summed E-state index contributed by atoms with van der Waals surface area (Å²) in [6.07, 6.45) is 0. The van der Waals surface area contributed by atoms with Gasteiger partial charge in [0, 0.05) is 17.7 Å². The quantitative estimate of drug-likeness (QED) is 0.277. The number of nitrogen functional groups attached to an aromatic ring is 1. The van der Waals surface area contributed by atoms with E-state index >= 15 is 0 Å². The number of hydrogen-bond acceptors (Lipinski definition) is 6. The lowest BCUT2D eigenvalue weighted by Gasteiger charge is -2.22. The summed E-state index contributed by atoms with van der Waals surface area (Å²) in [5.74, 6) is -3.57. The molecule has 2 aromatic carbocycles. The maximum Gasteiger partial charge on any atom is 0.272 e. The van der Waals surface area contributed by atoms with Crippen LogP contribution in [-0.4, -0.2) is 43.8 Å². The Morgan fingerprint density at radius 2 is 1.76 bits per heavy atom. The Bertz CT molecular complexity index is 1530. The smallest absolute Gasteiger partial charge is 0.272 e. The molecule has 0 unspecified atom stereocenters. The van der Waals surface area contributed by atoms with Gasteiger partial charge in [-0.05, 0) is 38.1 Å². The summed E-state index contributed by atoms with van der Waals surface area (Å²) in [7, 11) is 0. The zero-order chi connectivity index (χ0) is 27.6. The monoisotopic (exact) mass is 540 g/mol. The largest absolute Gasteiger partial charge is 0.394 e. The first kappa shape index (κ1) is 26.7. The summed E-state index contributed by atoms with van der Waals surface area (Å²) >= 11 is 6.27. The molecule has 0 spiro atoms. The molecular weight excluding hydrogens is 518 g/mol. The van der Waals surface area contributed by atoms with E-state index in [-0.39, 0.29) is 40.0 Å². The number of aromatic nitrogens is 3. The van der Waals surface area contributed by atoms with Crippen LogP contribution in [0.4, 0.5) is 20.4 Å². The third kappa shape index (κ3) is 5.63. The maximum atomic E-state index is 14.4. The lowest BCUT2D eigenvalue weighted by molar-refractivity contribution is 0.0863. The van der Waals surface area contributed by atoms with Gasteiger partial charge in [0.25, 0.3) is 11.8 Å². The van der Waals surface area contributed by atoms with Crippen molar-refractivity contribution in [2.75, 3.05) is 17.7 Å². The minimum Gasteiger partial charge on any atom is -0.394 e. The van der Waals surface area contributed by atoms with Gasteiger partial charge < -0.3 is 21.5 Å². The number of hydrogen-bond donors (Lipinski definition) is 4. The molecule has 0 fully saturated rings. The van der Waals surface area contributed by atoms with Gasteiger partial charge in [-0.1, -0.05) is 35.9 Å². The molecule has 0 aliphatic heterocycles. The summed E-state index contributed by atoms with van der Waals surface area (Å²) in [6.45, 7) is 2.98. The molecule has 0 radical (unpaired) electrons. The summed E-state index contributed by atoms with van der Waals surface area (Å²) in [5.41, 5.74) is 4.97. The third-order valence-electron chi connectivity index (χ3n) is 5.47. The van der Waals surface area contributed by atoms with Gasteiger partial charge in [0.15, 0.2) is 23.1 Å². The number of halogens is 3. The number of amides is 2. The van der Waals surface area contributed by atoms with E-state index in [1.807, 2.05) is 0 Å². The summed E-state index contributed by atoms with van der Waals surface area (Å²) in [6, 6.07) is 14.8. The Kier molecular flexibility index (Phi) is 7.42. The zero-order valence-corrected chi connectivity index (χ0v) is 21.1. The van der Waals surface area contributed by atoms with E-state index in [4.69, 9.17) is 17.3 Å². The van der Waals surface area contributed by atoms with Gasteiger partial charge in [0.2, 0.25) is 0 Å². The molecule has 12 heteroatoms. The molecular formula is C26H23ClF2N6O3. The standard InChI is InChI=1S/C26H23ClF2N6O3/c1-26(2,13-36)33-25(38)20-12-21(35(34-20)15-6-4-3-5-7-15)31-24(37)16-10-14(8-9-17(16)27)22-18(28)11-19(29)23(30)32-22/h3-12,36H,13H2,1-2H3,(H2,30,32)(H,31,37)(H,33,38). The van der Waals surface area contributed by atoms with Crippen LogP contribution in [0.25, 0.3) is 16.9 Å². The van der Waals surface area contributed by atoms with Gasteiger partial charge in [-0.25, -0.2) is 18.4 Å². The Morgan fingerprint density at radius 3 is 2.45 bits per heavy atom. The Morgan fingerprint density at radius 1 is 1.05 bits per heavy atom. The first-order chi connectivity index (χ1) is 18.0. The highest BCUT2D eigenvalue weighted by molar-refractivity contribution is 6.34. The number of benzene rings is 2. The molecule has 0 aliphatic rings. The molecule has 4 rings (SSSR count). The van der Waals surface area contributed by atoms with E-state index in [1.165, 1.54) is 28.9 Å². The van der Waals surface area contributed by atoms with E-state index in [9.17, 15) is 23.5 Å². The minimum atomic E-state index is -1.01. The van der Waals surface area contributed by atoms with Gasteiger partial charge in [-0.3, -0.25) is 9.59 Å². The molecule has 0 aliphatic carbocycles. The van der Waals surface area contributed by atoms with Crippen molar-refractivity contribution in [2.45, 2.75) is 19.4 Å². The maximum absolute atomic E-state index is 14.4. The fourth-order valence-electron chi connectivity index (χ4n) is 3.47. The fourth-order valence-corrected chi connectivity index (χ4v) is 3.67. The van der Waals surface area contributed by atoms with Crippen LogP contribution in [0.3, 0.4) is 0 Å². The van der Waals surface area contributed by atoms with Crippen molar-refractivity contribution in [3.05, 3.63) is 88.6 Å². The van der Waals surface area contributed by atoms with E-state index in [1.54, 1.807) is 44.2 Å². The van der Waals surface area contributed by atoms with Crippen molar-refractivity contribution >= 4 is 35.1 Å². The number of rotatable bonds is 7. The molecule has 0 saturated carbocycles. The second-order valence-electron chi connectivity index (χ2n) is 8.99. The molecule has 2 heterocycles. The van der Waals surface area contributed by atoms with E-state index in [2.05, 4.69) is 20.7 Å². The topological polar surface area (TPSA) is 135 Å². The minimum absolute atomic E-state index is 0.0152. The zero-order valence-electron chi connectivity index (χ0n) is 20.3. The lowest BCUT2D eigenvalue weighted by atomic mass is 10.1. The molecule has 4 aromatic rings. The van der Waals surface area contributed by atoms with E-state index < -0.39 is 34.8 Å². The fraction of sp³-hybridized carbons (Fsp3) is 0.154. The highest BCUT2D eigenvalue weighted by Gasteiger charge is 2.24. The first-order valence-electron chi connectivity index (χ1n) is 11.3. The molecule has 0 bridgehead atoms. The molecule has 196 valence electrons. The van der Waals surface area contributed by atoms with Crippen molar-refractivity contribution in [1.29, 1.82) is 0 Å². The number of nitrogens with zero attached hydrogens (tertiary/aromatic N) is 3. The number of pyridine rings is 1. The van der Waals surface area contributed by atoms with Crippen LogP contribution in [0, 0.1) is 11.6 Å². The Labute approximate surface area is 221 Å². The van der Waals surface area contributed by atoms with Gasteiger partial charge in [-0.15, -0.1) is 0 Å². The predicted molar refractivity (Wildman–Crippen MR) is 139 cm³/mol. The third-order valence-corrected chi connectivity index (χ3v) is 5.80. The number of anilines is 2. The van der Waals surface area contributed by atoms with Gasteiger partial charge >= 0.3 is 0 Å². The number of carbonyl (C=O) groups is 2. The van der Waals surface area contributed by atoms with Crippen LogP contribution in [0.15, 0.2) is 60.7 Å². The second-order valence-corrected chi connectivity index (χ2v) is 9.40. The van der Waals surface area contributed by atoms with Crippen molar-refractivity contribution in [1.82, 2.24) is 20.1 Å². The number of aliphatic hydroxyl groups is 1. The highest BCUT2D eigenvalue weighted by Crippen LogP contribution is 2.28. The number of para-hydroxylation sites is 1. The Balaban J connectivity index is 1.71. The number of aliphatic hydroxyl groups excluding tert-OH is 1. The summed E-state index contributed by atoms with van der Waals surface area (Å²) < 4.78 is 29.3. The average molecular weight is 541 g/mol.